The van der Waals surface area contributed by atoms with Crippen molar-refractivity contribution in [1.29, 1.82) is 0 Å². The first-order valence-electron chi connectivity index (χ1n) is 12.0. The molecule has 0 heterocycles. The molecule has 4 aliphatic carbocycles. The Morgan fingerprint density at radius 1 is 1.41 bits per heavy atom. The van der Waals surface area contributed by atoms with Gasteiger partial charge in [0.15, 0.2) is 11.6 Å². The monoisotopic (exact) mass is 385 g/mol. The van der Waals surface area contributed by atoms with Crippen LogP contribution in [0.5, 0.6) is 0 Å². The van der Waals surface area contributed by atoms with Crippen molar-refractivity contribution in [1.82, 2.24) is 0 Å². The van der Waals surface area contributed by atoms with Crippen molar-refractivity contribution >= 4 is 11.6 Å². The number of carbonyl (C=O) groups is 2. The minimum atomic E-state index is -3.30. The Morgan fingerprint density at radius 2 is 2.11 bits per heavy atom. The predicted molar refractivity (Wildman–Crippen MR) is 95.5 cm³/mol. The Hall–Kier alpha value is -1.11. The topological polar surface area (TPSA) is 94.8 Å². The van der Waals surface area contributed by atoms with Crippen LogP contribution < -0.4 is 0 Å². The van der Waals surface area contributed by atoms with E-state index >= 15 is 4.39 Å². The number of allylic oxidation sites excluding steroid dienone is 1. The summed E-state index contributed by atoms with van der Waals surface area (Å²) < 4.78 is 56.4. The molecule has 3 fully saturated rings. The maximum Gasteiger partial charge on any atom is 0.190 e. The summed E-state index contributed by atoms with van der Waals surface area (Å²) in [6.07, 6.45) is -4.90. The maximum absolute atomic E-state index is 17.1. The van der Waals surface area contributed by atoms with Crippen molar-refractivity contribution in [2.45, 2.75) is 76.1 Å². The molecule has 0 bridgehead atoms. The molecule has 0 radical (unpaired) electrons. The van der Waals surface area contributed by atoms with Gasteiger partial charge in [0.25, 0.3) is 0 Å². The fourth-order valence-corrected chi connectivity index (χ4v) is 6.67. The molecule has 4 aliphatic rings. The number of rotatable bonds is 2. The van der Waals surface area contributed by atoms with E-state index in [2.05, 4.69) is 0 Å². The number of halogens is 1. The van der Waals surface area contributed by atoms with Crippen LogP contribution in [-0.2, 0) is 9.59 Å². The van der Waals surface area contributed by atoms with Gasteiger partial charge in [0.2, 0.25) is 0 Å². The van der Waals surface area contributed by atoms with Gasteiger partial charge in [0.05, 0.1) is 10.2 Å². The van der Waals surface area contributed by atoms with Gasteiger partial charge in [-0.05, 0) is 50.5 Å². The zero-order valence-electron chi connectivity index (χ0n) is 20.5. The van der Waals surface area contributed by atoms with Crippen molar-refractivity contribution in [3.8, 4) is 0 Å². The summed E-state index contributed by atoms with van der Waals surface area (Å²) in [6, 6.07) is -0.550. The van der Waals surface area contributed by atoms with Crippen molar-refractivity contribution < 1.29 is 36.2 Å². The molecule has 4 rings (SSSR count). The summed E-state index contributed by atoms with van der Waals surface area (Å²) in [5.41, 5.74) is -7.55. The third kappa shape index (κ3) is 2.10. The lowest BCUT2D eigenvalue weighted by Gasteiger charge is -2.63. The molecule has 6 heteroatoms. The van der Waals surface area contributed by atoms with Crippen LogP contribution in [0.15, 0.2) is 11.6 Å². The standard InChI is InChI=1S/C21H29FO5/c1-18-7-5-13(24)9-12(18)3-4-15-14-6-8-20(27,17(26)11-23)19(14,2)10-16(25)21(15,18)22/h9,14-16,23,25,27H,3-8,10-11H2,1-2H3/t14-,15+,16-,18-,19-,20-,21+/m0/s1/i5D2,9D,11D2. The van der Waals surface area contributed by atoms with E-state index < -0.39 is 83.4 Å². The summed E-state index contributed by atoms with van der Waals surface area (Å²) in [7, 11) is 0. The highest BCUT2D eigenvalue weighted by molar-refractivity contribution is 5.92. The number of hydrogen-bond acceptors (Lipinski definition) is 5. The van der Waals surface area contributed by atoms with Crippen molar-refractivity contribution in [3.63, 3.8) is 0 Å². The van der Waals surface area contributed by atoms with Crippen LogP contribution in [0.2, 0.25) is 0 Å². The largest absolute Gasteiger partial charge is 0.390 e. The first-order valence-corrected chi connectivity index (χ1v) is 9.49. The fraction of sp³-hybridized carbons (Fsp3) is 0.810. The molecule has 27 heavy (non-hydrogen) atoms. The van der Waals surface area contributed by atoms with Crippen LogP contribution in [0.3, 0.4) is 0 Å². The predicted octanol–water partition coefficient (Wildman–Crippen LogP) is 1.87. The third-order valence-electron chi connectivity index (χ3n) is 8.27. The van der Waals surface area contributed by atoms with Gasteiger partial charge in [-0.3, -0.25) is 9.59 Å². The number of fused-ring (bicyclic) bond motifs is 5. The first-order chi connectivity index (χ1) is 14.4. The zero-order chi connectivity index (χ0) is 24.3. The summed E-state index contributed by atoms with van der Waals surface area (Å²) >= 11 is 0. The molecule has 3 saturated carbocycles. The number of Topliss-reactive ketones (excluding diaryl/α,β-unsaturated/α-hetero) is 1. The molecule has 0 aliphatic heterocycles. The van der Waals surface area contributed by atoms with Crippen LogP contribution in [0, 0.1) is 22.7 Å². The normalized spacial score (nSPS) is 57.3. The highest BCUT2D eigenvalue weighted by Crippen LogP contribution is 2.70. The van der Waals surface area contributed by atoms with E-state index in [-0.39, 0.29) is 31.3 Å². The smallest absolute Gasteiger partial charge is 0.190 e. The lowest BCUT2D eigenvalue weighted by atomic mass is 9.44. The minimum Gasteiger partial charge on any atom is -0.390 e. The van der Waals surface area contributed by atoms with E-state index in [1.165, 1.54) is 13.8 Å². The summed E-state index contributed by atoms with van der Waals surface area (Å²) in [6.45, 7) is -0.349. The molecule has 0 aromatic carbocycles. The lowest BCUT2D eigenvalue weighted by Crippen LogP contribution is -2.69. The number of aliphatic hydroxyl groups excluding tert-OH is 1. The summed E-state index contributed by atoms with van der Waals surface area (Å²) in [4.78, 5) is 25.0. The molecular formula is C21H29FO5. The Morgan fingerprint density at radius 3 is 2.78 bits per heavy atom. The van der Waals surface area contributed by atoms with E-state index in [0.717, 1.165) is 0 Å². The SMILES string of the molecule is [2H]C1=C2CC[C@@H]3[C@@H]4CC[C@](O)(C(=O)C([2H])([2H])O)[C@@]4(C)C[C@H](O)[C@@]3(F)[C@@]2(C)CC([2H])([2H])C1=O. The van der Waals surface area contributed by atoms with Crippen LogP contribution in [-0.4, -0.2) is 50.8 Å². The molecule has 0 spiro atoms. The molecule has 0 unspecified atom stereocenters. The second-order valence-corrected chi connectivity index (χ2v) is 9.12. The molecule has 0 saturated heterocycles. The average Bonchev–Trinajstić information content (AvgIpc) is 2.91. The van der Waals surface area contributed by atoms with Gasteiger partial charge in [-0.15, -0.1) is 0 Å². The number of hydrogen-bond donors (Lipinski definition) is 3. The van der Waals surface area contributed by atoms with E-state index in [1.807, 2.05) is 0 Å². The van der Waals surface area contributed by atoms with Gasteiger partial charge >= 0.3 is 0 Å². The Labute approximate surface area is 165 Å². The molecule has 0 amide bonds. The minimum absolute atomic E-state index is 0.133. The molecule has 3 N–H and O–H groups in total. The summed E-state index contributed by atoms with van der Waals surface area (Å²) in [5.74, 6) is -3.96. The summed E-state index contributed by atoms with van der Waals surface area (Å²) in [5, 5.41) is 32.1. The van der Waals surface area contributed by atoms with Crippen molar-refractivity contribution in [2.75, 3.05) is 6.56 Å². The van der Waals surface area contributed by atoms with Gasteiger partial charge in [0.1, 0.15) is 17.8 Å². The Bertz CT molecular complexity index is 934. The van der Waals surface area contributed by atoms with E-state index in [4.69, 9.17) is 6.85 Å². The van der Waals surface area contributed by atoms with E-state index in [0.29, 0.717) is 0 Å². The van der Waals surface area contributed by atoms with Crippen LogP contribution in [0.4, 0.5) is 4.39 Å². The average molecular weight is 385 g/mol. The van der Waals surface area contributed by atoms with Crippen LogP contribution in [0.1, 0.15) is 65.6 Å². The second kappa shape index (κ2) is 5.71. The molecule has 5 nitrogen and oxygen atoms in total. The Balaban J connectivity index is 1.84. The number of ketones is 2. The van der Waals surface area contributed by atoms with Crippen molar-refractivity contribution in [2.24, 2.45) is 22.7 Å². The van der Waals surface area contributed by atoms with E-state index in [1.54, 1.807) is 0 Å². The Kier molecular flexibility index (Phi) is 2.95. The molecular weight excluding hydrogens is 351 g/mol. The van der Waals surface area contributed by atoms with Crippen LogP contribution >= 0.6 is 0 Å². The van der Waals surface area contributed by atoms with Gasteiger partial charge in [-0.1, -0.05) is 19.4 Å². The third-order valence-corrected chi connectivity index (χ3v) is 8.27. The molecule has 0 aromatic heterocycles. The molecule has 150 valence electrons. The van der Waals surface area contributed by atoms with Gasteiger partial charge in [0, 0.05) is 25.9 Å². The number of alkyl halides is 1. The van der Waals surface area contributed by atoms with E-state index in [9.17, 15) is 24.9 Å². The van der Waals surface area contributed by atoms with Gasteiger partial charge in [-0.2, -0.15) is 0 Å². The van der Waals surface area contributed by atoms with Gasteiger partial charge < -0.3 is 15.3 Å². The first kappa shape index (κ1) is 14.0. The quantitative estimate of drug-likeness (QED) is 0.675. The fourth-order valence-electron chi connectivity index (χ4n) is 6.67. The van der Waals surface area contributed by atoms with Crippen molar-refractivity contribution in [3.05, 3.63) is 11.6 Å². The molecule has 0 aromatic rings. The zero-order valence-corrected chi connectivity index (χ0v) is 15.5. The highest BCUT2D eigenvalue weighted by atomic mass is 19.1. The second-order valence-electron chi connectivity index (χ2n) is 9.12. The van der Waals surface area contributed by atoms with Crippen LogP contribution in [0.25, 0.3) is 0 Å². The maximum atomic E-state index is 17.1. The number of carbonyl (C=O) groups excluding carboxylic acids is 2. The lowest BCUT2D eigenvalue weighted by molar-refractivity contribution is -0.226. The molecule has 7 atom stereocenters. The number of aliphatic hydroxyl groups is 3. The highest BCUT2D eigenvalue weighted by Gasteiger charge is 2.74. The van der Waals surface area contributed by atoms with Gasteiger partial charge in [-0.25, -0.2) is 4.39 Å².